The minimum atomic E-state index is -3.35. The van der Waals surface area contributed by atoms with Gasteiger partial charge in [0.25, 0.3) is 0 Å². The maximum absolute atomic E-state index is 12.5. The van der Waals surface area contributed by atoms with Crippen LogP contribution in [-0.2, 0) is 20.2 Å². The third kappa shape index (κ3) is 2.37. The maximum atomic E-state index is 12.5. The lowest BCUT2D eigenvalue weighted by Crippen LogP contribution is -2.19. The van der Waals surface area contributed by atoms with Crippen LogP contribution in [-0.4, -0.2) is 36.0 Å². The smallest absolute Gasteiger partial charge is 0.408 e. The van der Waals surface area contributed by atoms with Crippen LogP contribution in [0.4, 0.5) is 0 Å². The van der Waals surface area contributed by atoms with Crippen molar-refractivity contribution in [3.05, 3.63) is 16.5 Å². The monoisotopic (exact) mass is 307 g/mol. The molecule has 0 radical (unpaired) electrons. The van der Waals surface area contributed by atoms with Gasteiger partial charge in [0.05, 0.1) is 31.0 Å². The van der Waals surface area contributed by atoms with Crippen LogP contribution >= 0.6 is 19.3 Å². The molecule has 0 N–H and O–H groups in total. The third-order valence-corrected chi connectivity index (χ3v) is 5.32. The molecule has 19 heavy (non-hydrogen) atoms. The Balaban J connectivity index is 2.47. The predicted molar refractivity (Wildman–Crippen MR) is 69.2 cm³/mol. The molecule has 1 aliphatic heterocycles. The van der Waals surface area contributed by atoms with Crippen LogP contribution in [0.15, 0.2) is 0 Å². The van der Waals surface area contributed by atoms with E-state index in [0.29, 0.717) is 18.1 Å². The first-order valence-corrected chi connectivity index (χ1v) is 7.43. The topological polar surface area (TPSA) is 73.8 Å². The van der Waals surface area contributed by atoms with Gasteiger partial charge >= 0.3 is 7.75 Å². The summed E-state index contributed by atoms with van der Waals surface area (Å²) in [6.45, 7) is 2.16. The summed E-state index contributed by atoms with van der Waals surface area (Å²) in [5, 5.41) is 0.0920. The Kier molecular flexibility index (Phi) is 4.13. The zero-order valence-electron chi connectivity index (χ0n) is 11.1. The first-order chi connectivity index (χ1) is 8.96. The van der Waals surface area contributed by atoms with Crippen molar-refractivity contribution in [2.24, 2.45) is 0 Å². The lowest BCUT2D eigenvalue weighted by atomic mass is 10.1. The molecule has 0 aromatic carbocycles. The number of fused-ring (bicyclic) bond motifs is 1. The number of aromatic nitrogens is 2. The van der Waals surface area contributed by atoms with Crippen LogP contribution in [0.1, 0.15) is 24.2 Å². The largest absolute Gasteiger partial charge is 0.481 e. The lowest BCUT2D eigenvalue weighted by molar-refractivity contribution is 0.191. The highest BCUT2D eigenvalue weighted by Crippen LogP contribution is 2.58. The van der Waals surface area contributed by atoms with Crippen molar-refractivity contribution in [1.29, 1.82) is 0 Å². The predicted octanol–water partition coefficient (Wildman–Crippen LogP) is 2.42. The Bertz CT molecular complexity index is 534. The molecular formula is C10H15ClN3O4P. The third-order valence-electron chi connectivity index (χ3n) is 3.11. The molecule has 1 atom stereocenters. The van der Waals surface area contributed by atoms with E-state index in [-0.39, 0.29) is 11.3 Å². The van der Waals surface area contributed by atoms with Gasteiger partial charge in [-0.3, -0.25) is 9.05 Å². The lowest BCUT2D eigenvalue weighted by Gasteiger charge is -2.27. The first-order valence-electron chi connectivity index (χ1n) is 5.55. The maximum Gasteiger partial charge on any atom is 0.408 e. The number of hydrogen-bond donors (Lipinski definition) is 0. The van der Waals surface area contributed by atoms with Gasteiger partial charge < -0.3 is 4.74 Å². The van der Waals surface area contributed by atoms with Crippen LogP contribution < -0.4 is 4.74 Å². The summed E-state index contributed by atoms with van der Waals surface area (Å²) in [6.07, 6.45) is 0. The fraction of sp³-hybridized carbons (Fsp3) is 0.600. The van der Waals surface area contributed by atoms with Crippen molar-refractivity contribution in [2.45, 2.75) is 19.5 Å². The molecule has 7 nitrogen and oxygen atoms in total. The van der Waals surface area contributed by atoms with Crippen LogP contribution in [0, 0.1) is 0 Å². The summed E-state index contributed by atoms with van der Waals surface area (Å²) < 4.78 is 29.3. The van der Waals surface area contributed by atoms with Gasteiger partial charge in [-0.2, -0.15) is 9.65 Å². The highest BCUT2D eigenvalue weighted by atomic mass is 35.5. The van der Waals surface area contributed by atoms with E-state index >= 15 is 0 Å². The second-order valence-electron chi connectivity index (χ2n) is 3.97. The second kappa shape index (κ2) is 5.34. The summed E-state index contributed by atoms with van der Waals surface area (Å²) in [4.78, 5) is 8.16. The highest BCUT2D eigenvalue weighted by Gasteiger charge is 2.43. The average Bonchev–Trinajstić information content (AvgIpc) is 2.74. The number of rotatable bonds is 4. The fourth-order valence-electron chi connectivity index (χ4n) is 2.18. The molecule has 0 saturated carbocycles. The molecule has 9 heteroatoms. The van der Waals surface area contributed by atoms with Crippen LogP contribution in [0.2, 0.25) is 5.28 Å². The zero-order valence-corrected chi connectivity index (χ0v) is 12.7. The van der Waals surface area contributed by atoms with Crippen molar-refractivity contribution >= 4 is 19.3 Å². The average molecular weight is 308 g/mol. The van der Waals surface area contributed by atoms with E-state index in [0.717, 1.165) is 5.56 Å². The molecular weight excluding hydrogens is 293 g/mol. The van der Waals surface area contributed by atoms with Gasteiger partial charge in [0, 0.05) is 14.2 Å². The molecule has 1 aliphatic rings. The molecule has 2 rings (SSSR count). The van der Waals surface area contributed by atoms with Crippen LogP contribution in [0.3, 0.4) is 0 Å². The molecule has 1 aromatic rings. The van der Waals surface area contributed by atoms with E-state index in [2.05, 4.69) is 9.97 Å². The van der Waals surface area contributed by atoms with E-state index in [1.54, 1.807) is 4.67 Å². The van der Waals surface area contributed by atoms with E-state index in [1.807, 2.05) is 6.92 Å². The number of hydrogen-bond acceptors (Lipinski definition) is 6. The molecule has 0 bridgehead atoms. The van der Waals surface area contributed by atoms with Crippen molar-refractivity contribution in [3.63, 3.8) is 0 Å². The molecule has 106 valence electrons. The Morgan fingerprint density at radius 1 is 1.32 bits per heavy atom. The highest BCUT2D eigenvalue weighted by molar-refractivity contribution is 7.51. The summed E-state index contributed by atoms with van der Waals surface area (Å²) >= 11 is 5.83. The van der Waals surface area contributed by atoms with Gasteiger partial charge in [-0.1, -0.05) is 0 Å². The molecule has 1 unspecified atom stereocenters. The molecule has 2 heterocycles. The SMILES string of the molecule is COc1nc(Cl)nc2c1C(C)N(P(=O)(OC)OC)C2. The van der Waals surface area contributed by atoms with Gasteiger partial charge in [0.1, 0.15) is 0 Å². The van der Waals surface area contributed by atoms with E-state index in [4.69, 9.17) is 25.4 Å². The van der Waals surface area contributed by atoms with Crippen molar-refractivity contribution in [1.82, 2.24) is 14.6 Å². The van der Waals surface area contributed by atoms with E-state index in [9.17, 15) is 4.57 Å². The summed E-state index contributed by atoms with van der Waals surface area (Å²) in [5.74, 6) is 0.378. The zero-order chi connectivity index (χ0) is 14.2. The molecule has 1 aromatic heterocycles. The molecule has 0 saturated heterocycles. The van der Waals surface area contributed by atoms with Crippen molar-refractivity contribution < 1.29 is 18.3 Å². The molecule has 0 fully saturated rings. The quantitative estimate of drug-likeness (QED) is 0.624. The summed E-state index contributed by atoms with van der Waals surface area (Å²) in [5.41, 5.74) is 1.42. The second-order valence-corrected chi connectivity index (χ2v) is 6.49. The number of halogens is 1. The summed E-state index contributed by atoms with van der Waals surface area (Å²) in [7, 11) is 0.841. The van der Waals surface area contributed by atoms with Gasteiger partial charge in [0.2, 0.25) is 11.2 Å². The standard InChI is InChI=1S/C10H15ClN3O4P/c1-6-8-7(12-10(11)13-9(8)16-2)5-14(6)19(15,17-3)18-4/h6H,5H2,1-4H3. The molecule has 0 spiro atoms. The van der Waals surface area contributed by atoms with Gasteiger partial charge in [-0.05, 0) is 18.5 Å². The Morgan fingerprint density at radius 3 is 2.47 bits per heavy atom. The van der Waals surface area contributed by atoms with E-state index in [1.165, 1.54) is 21.3 Å². The van der Waals surface area contributed by atoms with Crippen LogP contribution in [0.25, 0.3) is 0 Å². The summed E-state index contributed by atoms with van der Waals surface area (Å²) in [6, 6.07) is -0.257. The van der Waals surface area contributed by atoms with Gasteiger partial charge in [-0.25, -0.2) is 9.55 Å². The minimum absolute atomic E-state index is 0.0920. The number of nitrogens with zero attached hydrogens (tertiary/aromatic N) is 3. The van der Waals surface area contributed by atoms with Gasteiger partial charge in [-0.15, -0.1) is 0 Å². The van der Waals surface area contributed by atoms with Gasteiger partial charge in [0.15, 0.2) is 0 Å². The Labute approximate surface area is 116 Å². The van der Waals surface area contributed by atoms with Crippen molar-refractivity contribution in [2.75, 3.05) is 21.3 Å². The fourth-order valence-corrected chi connectivity index (χ4v) is 3.78. The molecule has 0 aliphatic carbocycles. The minimum Gasteiger partial charge on any atom is -0.481 e. The first kappa shape index (κ1) is 14.7. The normalized spacial score (nSPS) is 19.5. The number of ether oxygens (including phenoxy) is 1. The van der Waals surface area contributed by atoms with Crippen LogP contribution in [0.5, 0.6) is 5.88 Å². The Morgan fingerprint density at radius 2 is 1.95 bits per heavy atom. The number of methoxy groups -OCH3 is 1. The molecule has 0 amide bonds. The van der Waals surface area contributed by atoms with Crippen molar-refractivity contribution in [3.8, 4) is 5.88 Å². The Hall–Kier alpha value is -0.720. The van der Waals surface area contributed by atoms with E-state index < -0.39 is 7.75 Å².